The Kier molecular flexibility index (Phi) is 7.03. The van der Waals surface area contributed by atoms with E-state index < -0.39 is 0 Å². The molecule has 10 heavy (non-hydrogen) atoms. The molecule has 1 atom stereocenters. The summed E-state index contributed by atoms with van der Waals surface area (Å²) >= 11 is 0. The Hall–Kier alpha value is 0.804. The Labute approximate surface area is 88.3 Å². The SMILES string of the molecule is [NH-]CCC1[CH-]CC=CC1.[Y]. The van der Waals surface area contributed by atoms with Crippen LogP contribution in [0, 0.1) is 12.3 Å². The quantitative estimate of drug-likeness (QED) is 0.496. The first kappa shape index (κ1) is 10.8. The topological polar surface area (TPSA) is 23.8 Å². The van der Waals surface area contributed by atoms with Gasteiger partial charge in [-0.2, -0.15) is 18.9 Å². The molecule has 0 aromatic rings. The van der Waals surface area contributed by atoms with E-state index >= 15 is 0 Å². The molecule has 55 valence electrons. The monoisotopic (exact) mass is 212 g/mol. The molecule has 0 amide bonds. The van der Waals surface area contributed by atoms with E-state index in [1.54, 1.807) is 0 Å². The Bertz CT molecular complexity index is 101. The van der Waals surface area contributed by atoms with E-state index in [0.717, 1.165) is 12.8 Å². The van der Waals surface area contributed by atoms with Crippen LogP contribution in [0.4, 0.5) is 0 Å². The number of nitrogens with one attached hydrogen (secondary N) is 1. The van der Waals surface area contributed by atoms with E-state index in [1.807, 2.05) is 0 Å². The minimum Gasteiger partial charge on any atom is -0.677 e. The van der Waals surface area contributed by atoms with E-state index in [-0.39, 0.29) is 32.7 Å². The Morgan fingerprint density at radius 1 is 1.50 bits per heavy atom. The summed E-state index contributed by atoms with van der Waals surface area (Å²) in [5.41, 5.74) is 6.99. The first-order chi connectivity index (χ1) is 4.43. The van der Waals surface area contributed by atoms with Crippen LogP contribution in [-0.2, 0) is 32.7 Å². The molecule has 0 spiro atoms. The van der Waals surface area contributed by atoms with Crippen molar-refractivity contribution >= 4 is 0 Å². The molecule has 0 heterocycles. The molecule has 0 aromatic heterocycles. The molecule has 0 fully saturated rings. The molecular formula is C8H13NY-2. The summed E-state index contributed by atoms with van der Waals surface area (Å²) < 4.78 is 0. The fourth-order valence-corrected chi connectivity index (χ4v) is 1.16. The van der Waals surface area contributed by atoms with Gasteiger partial charge in [-0.05, 0) is 0 Å². The molecule has 1 rings (SSSR count). The van der Waals surface area contributed by atoms with Crippen LogP contribution < -0.4 is 0 Å². The van der Waals surface area contributed by atoms with Gasteiger partial charge < -0.3 is 12.2 Å². The maximum Gasteiger partial charge on any atom is 0 e. The molecule has 1 unspecified atom stereocenters. The third kappa shape index (κ3) is 3.85. The van der Waals surface area contributed by atoms with Gasteiger partial charge in [0.25, 0.3) is 0 Å². The molecule has 1 aliphatic rings. The second-order valence-corrected chi connectivity index (χ2v) is 2.48. The summed E-state index contributed by atoms with van der Waals surface area (Å²) in [6.07, 6.45) is 10.1. The summed E-state index contributed by atoms with van der Waals surface area (Å²) in [7, 11) is 0. The van der Waals surface area contributed by atoms with Gasteiger partial charge in [-0.3, -0.25) is 0 Å². The molecule has 2 heteroatoms. The first-order valence-electron chi connectivity index (χ1n) is 3.56. The van der Waals surface area contributed by atoms with Crippen LogP contribution in [0.15, 0.2) is 12.2 Å². The molecule has 1 N–H and O–H groups in total. The van der Waals surface area contributed by atoms with Crippen LogP contribution in [0.5, 0.6) is 0 Å². The molecule has 0 bridgehead atoms. The van der Waals surface area contributed by atoms with Gasteiger partial charge in [0.2, 0.25) is 0 Å². The van der Waals surface area contributed by atoms with Crippen molar-refractivity contribution in [2.45, 2.75) is 19.3 Å². The second-order valence-electron chi connectivity index (χ2n) is 2.48. The predicted molar refractivity (Wildman–Crippen MR) is 40.0 cm³/mol. The van der Waals surface area contributed by atoms with Crippen LogP contribution in [0.1, 0.15) is 19.3 Å². The summed E-state index contributed by atoms with van der Waals surface area (Å²) in [6.45, 7) is 0.578. The maximum absolute atomic E-state index is 6.99. The van der Waals surface area contributed by atoms with Gasteiger partial charge in [0.1, 0.15) is 0 Å². The predicted octanol–water partition coefficient (Wildman–Crippen LogP) is 2.60. The van der Waals surface area contributed by atoms with Crippen molar-refractivity contribution in [3.63, 3.8) is 0 Å². The number of rotatable bonds is 2. The summed E-state index contributed by atoms with van der Waals surface area (Å²) in [5.74, 6) is 0.701. The molecule has 0 aromatic carbocycles. The van der Waals surface area contributed by atoms with Gasteiger partial charge in [0.15, 0.2) is 0 Å². The van der Waals surface area contributed by atoms with Gasteiger partial charge in [-0.15, -0.1) is 6.08 Å². The van der Waals surface area contributed by atoms with Crippen molar-refractivity contribution in [2.24, 2.45) is 5.92 Å². The normalized spacial score (nSPS) is 23.9. The number of hydrogen-bond donors (Lipinski definition) is 0. The van der Waals surface area contributed by atoms with Crippen LogP contribution in [-0.4, -0.2) is 6.54 Å². The molecule has 0 aliphatic heterocycles. The van der Waals surface area contributed by atoms with Gasteiger partial charge in [-0.1, -0.05) is 18.9 Å². The van der Waals surface area contributed by atoms with Crippen LogP contribution >= 0.6 is 0 Å². The van der Waals surface area contributed by atoms with Crippen LogP contribution in [0.2, 0.25) is 0 Å². The average molecular weight is 212 g/mol. The fraction of sp³-hybridized carbons (Fsp3) is 0.625. The smallest absolute Gasteiger partial charge is 0 e. The van der Waals surface area contributed by atoms with Crippen LogP contribution in [0.3, 0.4) is 0 Å². The molecular weight excluding hydrogens is 199 g/mol. The van der Waals surface area contributed by atoms with Crippen molar-refractivity contribution in [2.75, 3.05) is 6.54 Å². The zero-order valence-electron chi connectivity index (χ0n) is 6.22. The maximum atomic E-state index is 6.99. The van der Waals surface area contributed by atoms with Gasteiger partial charge in [0.05, 0.1) is 0 Å². The Balaban J connectivity index is 0.000000810. The summed E-state index contributed by atoms with van der Waals surface area (Å²) in [6, 6.07) is 0. The molecule has 1 aliphatic carbocycles. The molecule has 1 nitrogen and oxygen atoms in total. The van der Waals surface area contributed by atoms with Gasteiger partial charge >= 0.3 is 0 Å². The van der Waals surface area contributed by atoms with Crippen LogP contribution in [0.25, 0.3) is 5.73 Å². The average Bonchev–Trinajstić information content (AvgIpc) is 1.91. The largest absolute Gasteiger partial charge is 0.677 e. The van der Waals surface area contributed by atoms with E-state index in [2.05, 4.69) is 18.6 Å². The van der Waals surface area contributed by atoms with Gasteiger partial charge in [-0.25, -0.2) is 0 Å². The minimum atomic E-state index is 0. The Morgan fingerprint density at radius 2 is 2.30 bits per heavy atom. The van der Waals surface area contributed by atoms with Crippen molar-refractivity contribution < 1.29 is 32.7 Å². The zero-order valence-corrected chi connectivity index (χ0v) is 9.05. The van der Waals surface area contributed by atoms with Crippen molar-refractivity contribution in [1.82, 2.24) is 0 Å². The zero-order chi connectivity index (χ0) is 6.53. The Morgan fingerprint density at radius 3 is 2.80 bits per heavy atom. The van der Waals surface area contributed by atoms with E-state index in [4.69, 9.17) is 5.73 Å². The van der Waals surface area contributed by atoms with E-state index in [0.29, 0.717) is 12.5 Å². The molecule has 0 saturated heterocycles. The number of allylic oxidation sites excluding steroid dienone is 2. The van der Waals surface area contributed by atoms with Crippen molar-refractivity contribution in [3.8, 4) is 0 Å². The first-order valence-corrected chi connectivity index (χ1v) is 3.56. The summed E-state index contributed by atoms with van der Waals surface area (Å²) in [5, 5.41) is 0. The minimum absolute atomic E-state index is 0. The molecule has 1 radical (unpaired) electrons. The van der Waals surface area contributed by atoms with E-state index in [9.17, 15) is 0 Å². The number of hydrogen-bond acceptors (Lipinski definition) is 0. The third-order valence-corrected chi connectivity index (χ3v) is 1.73. The fourth-order valence-electron chi connectivity index (χ4n) is 1.16. The third-order valence-electron chi connectivity index (χ3n) is 1.73. The standard InChI is InChI=1S/C8H13N.Y/c9-7-6-8-4-2-1-3-5-8;/h1-2,5,8-9H,3-4,6-7H2;/q-2;. The van der Waals surface area contributed by atoms with Gasteiger partial charge in [0, 0.05) is 32.7 Å². The van der Waals surface area contributed by atoms with E-state index in [1.165, 1.54) is 6.42 Å². The second kappa shape index (κ2) is 6.51. The summed E-state index contributed by atoms with van der Waals surface area (Å²) in [4.78, 5) is 0. The van der Waals surface area contributed by atoms with Crippen molar-refractivity contribution in [1.29, 1.82) is 0 Å². The van der Waals surface area contributed by atoms with Crippen molar-refractivity contribution in [3.05, 3.63) is 24.3 Å². The molecule has 0 saturated carbocycles.